The smallest absolute Gasteiger partial charge is 0.224 e. The minimum Gasteiger partial charge on any atom is -0.496 e. The molecular formula is C18H20ClNO3. The van der Waals surface area contributed by atoms with Crippen molar-refractivity contribution >= 4 is 23.2 Å². The Bertz CT molecular complexity index is 701. The predicted molar refractivity (Wildman–Crippen MR) is 92.7 cm³/mol. The van der Waals surface area contributed by atoms with E-state index in [-0.39, 0.29) is 5.91 Å². The molecule has 1 amide bonds. The largest absolute Gasteiger partial charge is 0.496 e. The maximum absolute atomic E-state index is 12.1. The number of ether oxygens (including phenoxy) is 2. The molecule has 2 rings (SSSR count). The lowest BCUT2D eigenvalue weighted by molar-refractivity contribution is -0.116. The first-order chi connectivity index (χ1) is 11.0. The Morgan fingerprint density at radius 3 is 2.43 bits per heavy atom. The first-order valence-electron chi connectivity index (χ1n) is 7.30. The maximum atomic E-state index is 12.1. The van der Waals surface area contributed by atoms with Gasteiger partial charge in [-0.3, -0.25) is 4.79 Å². The van der Waals surface area contributed by atoms with E-state index in [1.54, 1.807) is 32.4 Å². The summed E-state index contributed by atoms with van der Waals surface area (Å²) in [5, 5.41) is 3.38. The van der Waals surface area contributed by atoms with Crippen molar-refractivity contribution < 1.29 is 14.3 Å². The zero-order valence-electron chi connectivity index (χ0n) is 13.5. The van der Waals surface area contributed by atoms with E-state index in [9.17, 15) is 4.79 Å². The van der Waals surface area contributed by atoms with Crippen LogP contribution in [0.1, 0.15) is 17.5 Å². The molecule has 0 aliphatic rings. The fourth-order valence-corrected chi connectivity index (χ4v) is 2.52. The summed E-state index contributed by atoms with van der Waals surface area (Å²) >= 11 is 5.96. The summed E-state index contributed by atoms with van der Waals surface area (Å²) in [6.07, 6.45) is 1.03. The van der Waals surface area contributed by atoms with Crippen molar-refractivity contribution in [2.24, 2.45) is 0 Å². The Balaban J connectivity index is 1.98. The molecule has 0 radical (unpaired) electrons. The minimum atomic E-state index is -0.0842. The highest BCUT2D eigenvalue weighted by molar-refractivity contribution is 6.31. The summed E-state index contributed by atoms with van der Waals surface area (Å²) in [4.78, 5) is 12.1. The van der Waals surface area contributed by atoms with Gasteiger partial charge in [-0.25, -0.2) is 0 Å². The third kappa shape index (κ3) is 4.63. The molecule has 5 heteroatoms. The van der Waals surface area contributed by atoms with Crippen molar-refractivity contribution in [3.8, 4) is 11.5 Å². The third-order valence-corrected chi connectivity index (χ3v) is 3.77. The number of carbonyl (C=O) groups excluding carboxylic acids is 1. The van der Waals surface area contributed by atoms with Gasteiger partial charge in [-0.05, 0) is 48.7 Å². The van der Waals surface area contributed by atoms with Crippen LogP contribution in [0, 0.1) is 6.92 Å². The van der Waals surface area contributed by atoms with Crippen molar-refractivity contribution in [3.05, 3.63) is 52.5 Å². The van der Waals surface area contributed by atoms with Crippen LogP contribution in [0.4, 0.5) is 5.69 Å². The van der Waals surface area contributed by atoms with Gasteiger partial charge in [0.15, 0.2) is 0 Å². The summed E-state index contributed by atoms with van der Waals surface area (Å²) in [5.74, 6) is 1.35. The number of anilines is 1. The molecule has 122 valence electrons. The Morgan fingerprint density at radius 2 is 1.78 bits per heavy atom. The van der Waals surface area contributed by atoms with E-state index >= 15 is 0 Å². The van der Waals surface area contributed by atoms with Gasteiger partial charge in [0.2, 0.25) is 5.91 Å². The zero-order chi connectivity index (χ0) is 16.8. The molecule has 0 saturated carbocycles. The van der Waals surface area contributed by atoms with Crippen LogP contribution in [0.3, 0.4) is 0 Å². The average Bonchev–Trinajstić information content (AvgIpc) is 2.53. The van der Waals surface area contributed by atoms with Crippen LogP contribution in [0.15, 0.2) is 36.4 Å². The first-order valence-corrected chi connectivity index (χ1v) is 7.68. The van der Waals surface area contributed by atoms with E-state index in [0.29, 0.717) is 29.3 Å². The van der Waals surface area contributed by atoms with Gasteiger partial charge in [0.25, 0.3) is 0 Å². The first kappa shape index (κ1) is 17.2. The molecule has 0 aliphatic carbocycles. The number of hydrogen-bond acceptors (Lipinski definition) is 3. The molecule has 0 spiro atoms. The molecule has 23 heavy (non-hydrogen) atoms. The van der Waals surface area contributed by atoms with Gasteiger partial charge in [-0.1, -0.05) is 23.7 Å². The number of benzene rings is 2. The van der Waals surface area contributed by atoms with E-state index in [1.165, 1.54) is 0 Å². The minimum absolute atomic E-state index is 0.0842. The van der Waals surface area contributed by atoms with E-state index in [1.807, 2.05) is 25.1 Å². The number of halogens is 1. The Kier molecular flexibility index (Phi) is 5.88. The van der Waals surface area contributed by atoms with Crippen LogP contribution in [-0.2, 0) is 11.2 Å². The molecule has 0 saturated heterocycles. The zero-order valence-corrected chi connectivity index (χ0v) is 14.2. The number of carbonyl (C=O) groups is 1. The fourth-order valence-electron chi connectivity index (χ4n) is 2.34. The molecule has 0 fully saturated rings. The number of hydrogen-bond donors (Lipinski definition) is 1. The van der Waals surface area contributed by atoms with Crippen LogP contribution in [0.25, 0.3) is 0 Å². The van der Waals surface area contributed by atoms with Crippen LogP contribution in [0.5, 0.6) is 11.5 Å². The standard InChI is InChI=1S/C18H20ClNO3/c1-12-10-13(4-7-16(12)22-2)5-9-18(21)20-15-11-14(19)6-8-17(15)23-3/h4,6-8,10-11H,5,9H2,1-3H3,(H,20,21). The van der Waals surface area contributed by atoms with E-state index in [2.05, 4.69) is 5.32 Å². The van der Waals surface area contributed by atoms with Gasteiger partial charge in [0.1, 0.15) is 11.5 Å². The second kappa shape index (κ2) is 7.88. The van der Waals surface area contributed by atoms with Gasteiger partial charge in [0.05, 0.1) is 19.9 Å². The lowest BCUT2D eigenvalue weighted by Crippen LogP contribution is -2.13. The topological polar surface area (TPSA) is 47.6 Å². The van der Waals surface area contributed by atoms with Crippen molar-refractivity contribution in [2.45, 2.75) is 19.8 Å². The summed E-state index contributed by atoms with van der Waals surface area (Å²) in [6.45, 7) is 1.99. The highest BCUT2D eigenvalue weighted by Crippen LogP contribution is 2.28. The van der Waals surface area contributed by atoms with E-state index in [4.69, 9.17) is 21.1 Å². The van der Waals surface area contributed by atoms with Crippen molar-refractivity contribution in [1.29, 1.82) is 0 Å². The number of rotatable bonds is 6. The summed E-state index contributed by atoms with van der Waals surface area (Å²) in [5.41, 5.74) is 2.73. The summed E-state index contributed by atoms with van der Waals surface area (Å²) < 4.78 is 10.5. The molecule has 0 aliphatic heterocycles. The number of amides is 1. The summed E-state index contributed by atoms with van der Waals surface area (Å²) in [7, 11) is 3.20. The molecule has 2 aromatic carbocycles. The van der Waals surface area contributed by atoms with Crippen molar-refractivity contribution in [3.63, 3.8) is 0 Å². The lowest BCUT2D eigenvalue weighted by Gasteiger charge is -2.11. The molecule has 0 atom stereocenters. The molecule has 0 bridgehead atoms. The highest BCUT2D eigenvalue weighted by atomic mass is 35.5. The molecule has 2 aromatic rings. The fraction of sp³-hybridized carbons (Fsp3) is 0.278. The number of nitrogens with one attached hydrogen (secondary N) is 1. The number of aryl methyl sites for hydroxylation is 2. The molecule has 0 heterocycles. The van der Waals surface area contributed by atoms with Gasteiger partial charge >= 0.3 is 0 Å². The quantitative estimate of drug-likeness (QED) is 0.860. The predicted octanol–water partition coefficient (Wildman–Crippen LogP) is 4.24. The van der Waals surface area contributed by atoms with Crippen LogP contribution in [0.2, 0.25) is 5.02 Å². The van der Waals surface area contributed by atoms with Gasteiger partial charge in [-0.2, -0.15) is 0 Å². The van der Waals surface area contributed by atoms with Crippen molar-refractivity contribution in [1.82, 2.24) is 0 Å². The molecular weight excluding hydrogens is 314 g/mol. The molecule has 1 N–H and O–H groups in total. The van der Waals surface area contributed by atoms with Crippen molar-refractivity contribution in [2.75, 3.05) is 19.5 Å². The lowest BCUT2D eigenvalue weighted by atomic mass is 10.1. The van der Waals surface area contributed by atoms with Crippen LogP contribution in [-0.4, -0.2) is 20.1 Å². The van der Waals surface area contributed by atoms with Crippen LogP contribution >= 0.6 is 11.6 Å². The van der Waals surface area contributed by atoms with Crippen LogP contribution < -0.4 is 14.8 Å². The molecule has 4 nitrogen and oxygen atoms in total. The SMILES string of the molecule is COc1ccc(CCC(=O)Nc2cc(Cl)ccc2OC)cc1C. The number of methoxy groups -OCH3 is 2. The Hall–Kier alpha value is -2.20. The van der Waals surface area contributed by atoms with E-state index < -0.39 is 0 Å². The van der Waals surface area contributed by atoms with Gasteiger partial charge in [-0.15, -0.1) is 0 Å². The highest BCUT2D eigenvalue weighted by Gasteiger charge is 2.09. The maximum Gasteiger partial charge on any atom is 0.224 e. The molecule has 0 aromatic heterocycles. The Labute approximate surface area is 141 Å². The molecule has 0 unspecified atom stereocenters. The second-order valence-corrected chi connectivity index (χ2v) is 5.63. The monoisotopic (exact) mass is 333 g/mol. The van der Waals surface area contributed by atoms with Gasteiger partial charge in [0, 0.05) is 11.4 Å². The van der Waals surface area contributed by atoms with Gasteiger partial charge < -0.3 is 14.8 Å². The third-order valence-electron chi connectivity index (χ3n) is 3.54. The summed E-state index contributed by atoms with van der Waals surface area (Å²) in [6, 6.07) is 11.0. The normalized spacial score (nSPS) is 10.3. The Morgan fingerprint density at radius 1 is 1.09 bits per heavy atom. The van der Waals surface area contributed by atoms with E-state index in [0.717, 1.165) is 16.9 Å². The second-order valence-electron chi connectivity index (χ2n) is 5.20. The average molecular weight is 334 g/mol.